The lowest BCUT2D eigenvalue weighted by Crippen LogP contribution is -2.51. The van der Waals surface area contributed by atoms with Crippen molar-refractivity contribution in [2.24, 2.45) is 0 Å². The Labute approximate surface area is 190 Å². The first kappa shape index (κ1) is 23.8. The zero-order valence-electron chi connectivity index (χ0n) is 17.2. The number of carbonyl (C=O) groups is 3. The van der Waals surface area contributed by atoms with Crippen molar-refractivity contribution < 1.29 is 32.0 Å². The average Bonchev–Trinajstić information content (AvgIpc) is 3.32. The van der Waals surface area contributed by atoms with Gasteiger partial charge in [0.1, 0.15) is 6.04 Å². The minimum Gasteiger partial charge on any atom is -0.459 e. The van der Waals surface area contributed by atoms with Crippen LogP contribution in [0.5, 0.6) is 0 Å². The number of esters is 1. The number of sulfonamides is 1. The van der Waals surface area contributed by atoms with Crippen LogP contribution >= 0.6 is 11.6 Å². The van der Waals surface area contributed by atoms with E-state index in [1.165, 1.54) is 58.8 Å². The molecule has 3 rings (SSSR count). The topological polar surface area (TPSA) is 126 Å². The highest BCUT2D eigenvalue weighted by Crippen LogP contribution is 2.20. The fourth-order valence-electron chi connectivity index (χ4n) is 3.02. The summed E-state index contributed by atoms with van der Waals surface area (Å²) in [6.45, 7) is 1.46. The lowest BCUT2D eigenvalue weighted by molar-refractivity contribution is -0.153. The number of nitrogens with one attached hydrogen (secondary N) is 1. The van der Waals surface area contributed by atoms with Crippen LogP contribution in [-0.4, -0.2) is 74.2 Å². The zero-order valence-corrected chi connectivity index (χ0v) is 18.8. The van der Waals surface area contributed by atoms with Gasteiger partial charge in [0.05, 0.1) is 11.2 Å². The summed E-state index contributed by atoms with van der Waals surface area (Å²) in [6.07, 6.45) is 1.33. The van der Waals surface area contributed by atoms with Gasteiger partial charge in [-0.1, -0.05) is 11.6 Å². The van der Waals surface area contributed by atoms with Crippen LogP contribution in [0.15, 0.2) is 52.0 Å². The standard InChI is InChI=1S/C20H22ClN3O7S/c1-14(22-19(26)17-3-2-12-30-17)20(27)31-13-18(25)23-8-10-24(11-9-23)32(28,29)16-6-4-15(21)5-7-16/h2-7,12,14H,8-11,13H2,1H3,(H,22,26)/t14-/m0/s1. The van der Waals surface area contributed by atoms with Gasteiger partial charge in [0.25, 0.3) is 11.8 Å². The number of rotatable bonds is 7. The summed E-state index contributed by atoms with van der Waals surface area (Å²) in [7, 11) is -3.69. The van der Waals surface area contributed by atoms with Crippen molar-refractivity contribution in [1.29, 1.82) is 0 Å². The first-order valence-electron chi connectivity index (χ1n) is 9.73. The van der Waals surface area contributed by atoms with Crippen molar-refractivity contribution >= 4 is 39.4 Å². The highest BCUT2D eigenvalue weighted by molar-refractivity contribution is 7.89. The second kappa shape index (κ2) is 10.2. The summed E-state index contributed by atoms with van der Waals surface area (Å²) < 4.78 is 36.6. The van der Waals surface area contributed by atoms with Gasteiger partial charge < -0.3 is 19.4 Å². The molecule has 1 aliphatic rings. The molecular weight excluding hydrogens is 462 g/mol. The Hall–Kier alpha value is -2.89. The van der Waals surface area contributed by atoms with Gasteiger partial charge in [-0.05, 0) is 43.3 Å². The molecule has 1 aromatic carbocycles. The van der Waals surface area contributed by atoms with Crippen molar-refractivity contribution in [1.82, 2.24) is 14.5 Å². The van der Waals surface area contributed by atoms with Gasteiger partial charge in [0, 0.05) is 31.2 Å². The zero-order chi connectivity index (χ0) is 23.3. The van der Waals surface area contributed by atoms with Gasteiger partial charge in [-0.2, -0.15) is 4.31 Å². The monoisotopic (exact) mass is 483 g/mol. The van der Waals surface area contributed by atoms with Crippen LogP contribution in [-0.2, 0) is 24.3 Å². The predicted octanol–water partition coefficient (Wildman–Crippen LogP) is 1.13. The van der Waals surface area contributed by atoms with Crippen molar-refractivity contribution in [2.45, 2.75) is 17.9 Å². The highest BCUT2D eigenvalue weighted by Gasteiger charge is 2.30. The Kier molecular flexibility index (Phi) is 7.54. The maximum atomic E-state index is 12.7. The molecule has 1 aliphatic heterocycles. The minimum atomic E-state index is -3.69. The summed E-state index contributed by atoms with van der Waals surface area (Å²) in [6, 6.07) is 7.87. The molecule has 0 spiro atoms. The van der Waals surface area contributed by atoms with Gasteiger partial charge in [0.2, 0.25) is 10.0 Å². The third kappa shape index (κ3) is 5.67. The number of hydrogen-bond donors (Lipinski definition) is 1. The number of ether oxygens (including phenoxy) is 1. The van der Waals surface area contributed by atoms with Crippen molar-refractivity contribution in [2.75, 3.05) is 32.8 Å². The molecule has 1 N–H and O–H groups in total. The molecule has 2 amide bonds. The van der Waals surface area contributed by atoms with Crippen LogP contribution in [0.4, 0.5) is 0 Å². The molecule has 0 aliphatic carbocycles. The molecule has 32 heavy (non-hydrogen) atoms. The number of furan rings is 1. The maximum absolute atomic E-state index is 12.7. The van der Waals surface area contributed by atoms with E-state index in [4.69, 9.17) is 20.8 Å². The van der Waals surface area contributed by atoms with Gasteiger partial charge in [-0.15, -0.1) is 0 Å². The summed E-state index contributed by atoms with van der Waals surface area (Å²) in [4.78, 5) is 37.9. The van der Waals surface area contributed by atoms with E-state index in [0.29, 0.717) is 5.02 Å². The molecule has 1 fully saturated rings. The Bertz CT molecular complexity index is 1060. The normalized spacial score (nSPS) is 15.8. The first-order valence-corrected chi connectivity index (χ1v) is 11.5. The van der Waals surface area contributed by atoms with Crippen LogP contribution in [0.2, 0.25) is 5.02 Å². The predicted molar refractivity (Wildman–Crippen MR) is 113 cm³/mol. The van der Waals surface area contributed by atoms with E-state index in [1.807, 2.05) is 0 Å². The maximum Gasteiger partial charge on any atom is 0.328 e. The van der Waals surface area contributed by atoms with Gasteiger partial charge in [0.15, 0.2) is 12.4 Å². The van der Waals surface area contributed by atoms with Crippen LogP contribution in [0, 0.1) is 0 Å². The molecule has 172 valence electrons. The molecule has 1 aromatic heterocycles. The van der Waals surface area contributed by atoms with E-state index in [0.717, 1.165) is 0 Å². The van der Waals surface area contributed by atoms with E-state index in [-0.39, 0.29) is 36.8 Å². The third-order valence-corrected chi connectivity index (χ3v) is 6.99. The number of halogens is 1. The lowest BCUT2D eigenvalue weighted by atomic mass is 10.3. The molecular formula is C20H22ClN3O7S. The van der Waals surface area contributed by atoms with E-state index in [1.54, 1.807) is 0 Å². The van der Waals surface area contributed by atoms with Crippen LogP contribution in [0.1, 0.15) is 17.5 Å². The number of nitrogens with zero attached hydrogens (tertiary/aromatic N) is 2. The summed E-state index contributed by atoms with van der Waals surface area (Å²) in [5.74, 6) is -1.76. The first-order chi connectivity index (χ1) is 15.2. The highest BCUT2D eigenvalue weighted by atomic mass is 35.5. The minimum absolute atomic E-state index is 0.0483. The average molecular weight is 484 g/mol. The van der Waals surface area contributed by atoms with Gasteiger partial charge in [-0.25, -0.2) is 13.2 Å². The number of benzene rings is 1. The lowest BCUT2D eigenvalue weighted by Gasteiger charge is -2.34. The number of carbonyl (C=O) groups excluding carboxylic acids is 3. The van der Waals surface area contributed by atoms with Crippen molar-refractivity contribution in [3.8, 4) is 0 Å². The Balaban J connectivity index is 1.45. The Morgan fingerprint density at radius 3 is 2.38 bits per heavy atom. The number of hydrogen-bond acceptors (Lipinski definition) is 7. The fraction of sp³-hybridized carbons (Fsp3) is 0.350. The molecule has 10 nitrogen and oxygen atoms in total. The van der Waals surface area contributed by atoms with E-state index in [2.05, 4.69) is 5.32 Å². The Morgan fingerprint density at radius 1 is 1.12 bits per heavy atom. The van der Waals surface area contributed by atoms with E-state index in [9.17, 15) is 22.8 Å². The Morgan fingerprint density at radius 2 is 1.78 bits per heavy atom. The number of piperazine rings is 1. The third-order valence-electron chi connectivity index (χ3n) is 4.83. The molecule has 0 bridgehead atoms. The summed E-state index contributed by atoms with van der Waals surface area (Å²) >= 11 is 5.81. The molecule has 1 atom stereocenters. The fourth-order valence-corrected chi connectivity index (χ4v) is 4.57. The second-order valence-corrected chi connectivity index (χ2v) is 9.39. The second-order valence-electron chi connectivity index (χ2n) is 7.02. The van der Waals surface area contributed by atoms with Crippen molar-refractivity contribution in [3.63, 3.8) is 0 Å². The van der Waals surface area contributed by atoms with Crippen molar-refractivity contribution in [3.05, 3.63) is 53.4 Å². The molecule has 12 heteroatoms. The molecule has 0 saturated carbocycles. The number of amides is 2. The van der Waals surface area contributed by atoms with Crippen LogP contribution in [0.3, 0.4) is 0 Å². The molecule has 0 radical (unpaired) electrons. The summed E-state index contributed by atoms with van der Waals surface area (Å²) in [5, 5.41) is 2.85. The SMILES string of the molecule is C[C@H](NC(=O)c1ccco1)C(=O)OCC(=O)N1CCN(S(=O)(=O)c2ccc(Cl)cc2)CC1. The van der Waals surface area contributed by atoms with Crippen LogP contribution < -0.4 is 5.32 Å². The van der Waals surface area contributed by atoms with E-state index < -0.39 is 40.5 Å². The van der Waals surface area contributed by atoms with Crippen LogP contribution in [0.25, 0.3) is 0 Å². The largest absolute Gasteiger partial charge is 0.459 e. The molecule has 2 heterocycles. The summed E-state index contributed by atoms with van der Waals surface area (Å²) in [5.41, 5.74) is 0. The molecule has 2 aromatic rings. The molecule has 0 unspecified atom stereocenters. The quantitative estimate of drug-likeness (QED) is 0.585. The van der Waals surface area contributed by atoms with E-state index >= 15 is 0 Å². The smallest absolute Gasteiger partial charge is 0.328 e. The van der Waals surface area contributed by atoms with Gasteiger partial charge in [-0.3, -0.25) is 9.59 Å². The molecule has 1 saturated heterocycles. The van der Waals surface area contributed by atoms with Gasteiger partial charge >= 0.3 is 5.97 Å².